The second-order valence-electron chi connectivity index (χ2n) is 8.12. The molecule has 4 rings (SSSR count). The molecule has 1 aliphatic rings. The summed E-state index contributed by atoms with van der Waals surface area (Å²) in [5.41, 5.74) is -4.21. The monoisotopic (exact) mass is 516 g/mol. The summed E-state index contributed by atoms with van der Waals surface area (Å²) < 4.78 is 90.6. The minimum absolute atomic E-state index is 0.0754. The third kappa shape index (κ3) is 5.88. The Labute approximate surface area is 197 Å². The van der Waals surface area contributed by atoms with Crippen molar-refractivity contribution >= 4 is 27.5 Å². The first-order valence-corrected chi connectivity index (χ1v) is 12.0. The van der Waals surface area contributed by atoms with Crippen molar-refractivity contribution in [2.75, 3.05) is 10.6 Å². The molecule has 35 heavy (non-hydrogen) atoms. The highest BCUT2D eigenvalue weighted by atomic mass is 32.2. The minimum Gasteiger partial charge on any atom is -0.363 e. The first-order chi connectivity index (χ1) is 16.4. The number of hydrogen-bond donors (Lipinski definition) is 4. The first-order valence-electron chi connectivity index (χ1n) is 10.5. The Morgan fingerprint density at radius 2 is 1.80 bits per heavy atom. The van der Waals surface area contributed by atoms with E-state index in [-0.39, 0.29) is 17.2 Å². The third-order valence-corrected chi connectivity index (χ3v) is 6.53. The van der Waals surface area contributed by atoms with E-state index in [1.54, 1.807) is 13.0 Å². The maximum atomic E-state index is 14.8. The van der Waals surface area contributed by atoms with Gasteiger partial charge in [-0.2, -0.15) is 18.3 Å². The lowest BCUT2D eigenvalue weighted by molar-refractivity contribution is -0.0448. The van der Waals surface area contributed by atoms with Crippen LogP contribution < -0.4 is 15.4 Å². The van der Waals surface area contributed by atoms with Gasteiger partial charge < -0.3 is 10.6 Å². The Balaban J connectivity index is 1.62. The molecular weight excluding hydrogens is 495 g/mol. The number of rotatable bonds is 9. The Bertz CT molecular complexity index is 1310. The fourth-order valence-corrected chi connectivity index (χ4v) is 3.80. The van der Waals surface area contributed by atoms with Crippen molar-refractivity contribution in [2.45, 2.75) is 43.8 Å². The van der Waals surface area contributed by atoms with E-state index >= 15 is 0 Å². The number of alkyl halides is 3. The summed E-state index contributed by atoms with van der Waals surface area (Å²) >= 11 is 0. The van der Waals surface area contributed by atoms with Crippen LogP contribution in [0, 0.1) is 11.6 Å². The van der Waals surface area contributed by atoms with Crippen LogP contribution in [0.3, 0.4) is 0 Å². The molecule has 1 atom stereocenters. The van der Waals surface area contributed by atoms with Crippen LogP contribution in [-0.2, 0) is 16.6 Å². The van der Waals surface area contributed by atoms with E-state index < -0.39 is 39.8 Å². The molecule has 4 N–H and O–H groups in total. The number of nitrogens with zero attached hydrogens (tertiary/aromatic N) is 2. The van der Waals surface area contributed by atoms with Gasteiger partial charge >= 0.3 is 15.5 Å². The van der Waals surface area contributed by atoms with E-state index in [0.717, 1.165) is 24.6 Å². The van der Waals surface area contributed by atoms with Crippen molar-refractivity contribution in [3.8, 4) is 0 Å². The van der Waals surface area contributed by atoms with Gasteiger partial charge in [0, 0.05) is 35.8 Å². The quantitative estimate of drug-likeness (QED) is 0.304. The number of sulfonamides is 1. The van der Waals surface area contributed by atoms with Gasteiger partial charge in [0.05, 0.1) is 0 Å². The number of aromatic nitrogens is 3. The van der Waals surface area contributed by atoms with Gasteiger partial charge in [0.15, 0.2) is 17.5 Å². The molecule has 8 nitrogen and oxygen atoms in total. The summed E-state index contributed by atoms with van der Waals surface area (Å²) in [6.45, 7) is 0.795. The molecule has 0 bridgehead atoms. The summed E-state index contributed by atoms with van der Waals surface area (Å²) in [6.07, 6.45) is 2.04. The third-order valence-electron chi connectivity index (χ3n) is 5.40. The zero-order valence-corrected chi connectivity index (χ0v) is 19.1. The van der Waals surface area contributed by atoms with Crippen LogP contribution in [0.5, 0.6) is 0 Å². The molecule has 2 heterocycles. The Morgan fingerprint density at radius 1 is 1.11 bits per heavy atom. The summed E-state index contributed by atoms with van der Waals surface area (Å²) in [6, 6.07) is 7.49. The van der Waals surface area contributed by atoms with Gasteiger partial charge in [-0.1, -0.05) is 12.1 Å². The Morgan fingerprint density at radius 3 is 2.43 bits per heavy atom. The largest absolute Gasteiger partial charge is 0.511 e. The fraction of sp³-hybridized carbons (Fsp3) is 0.333. The molecule has 0 spiro atoms. The van der Waals surface area contributed by atoms with Crippen LogP contribution in [0.4, 0.5) is 39.4 Å². The van der Waals surface area contributed by atoms with Crippen molar-refractivity contribution in [1.29, 1.82) is 0 Å². The maximum Gasteiger partial charge on any atom is 0.511 e. The standard InChI is InChI=1S/C21H21F5N6O2S/c1-11(12-4-6-15(22)7-5-12)28-19-14(10-27-35(33,34)21(24,25)26)8-16(23)20(30-19)29-18-9-17(31-32-18)13-2-3-13/h4-9,11,13,27H,2-3,10H2,1H3,(H3,28,29,30,31,32). The van der Waals surface area contributed by atoms with Gasteiger partial charge in [-0.25, -0.2) is 26.9 Å². The lowest BCUT2D eigenvalue weighted by atomic mass is 10.1. The van der Waals surface area contributed by atoms with Gasteiger partial charge in [0.25, 0.3) is 0 Å². The van der Waals surface area contributed by atoms with Crippen molar-refractivity contribution in [1.82, 2.24) is 19.9 Å². The number of benzene rings is 1. The molecular formula is C21H21F5N6O2S. The number of aromatic amines is 1. The molecule has 3 aromatic rings. The van der Waals surface area contributed by atoms with E-state index in [9.17, 15) is 30.4 Å². The van der Waals surface area contributed by atoms with Crippen molar-refractivity contribution < 1.29 is 30.4 Å². The highest BCUT2D eigenvalue weighted by Gasteiger charge is 2.45. The van der Waals surface area contributed by atoms with Crippen LogP contribution >= 0.6 is 0 Å². The molecule has 1 unspecified atom stereocenters. The Kier molecular flexibility index (Phi) is 6.68. The smallest absolute Gasteiger partial charge is 0.363 e. The predicted octanol–water partition coefficient (Wildman–Crippen LogP) is 4.82. The lowest BCUT2D eigenvalue weighted by Crippen LogP contribution is -2.36. The Hall–Kier alpha value is -3.26. The molecule has 0 radical (unpaired) electrons. The van der Waals surface area contributed by atoms with Gasteiger partial charge in [-0.3, -0.25) is 5.10 Å². The van der Waals surface area contributed by atoms with E-state index in [2.05, 4.69) is 25.8 Å². The lowest BCUT2D eigenvalue weighted by Gasteiger charge is -2.19. The van der Waals surface area contributed by atoms with Crippen molar-refractivity contribution in [3.05, 3.63) is 64.9 Å². The first kappa shape index (κ1) is 24.9. The molecule has 188 valence electrons. The highest BCUT2D eigenvalue weighted by molar-refractivity contribution is 7.90. The average Bonchev–Trinajstić information content (AvgIpc) is 3.53. The normalized spacial score (nSPS) is 15.1. The number of hydrogen-bond acceptors (Lipinski definition) is 6. The minimum atomic E-state index is -5.67. The van der Waals surface area contributed by atoms with Crippen LogP contribution in [0.25, 0.3) is 0 Å². The van der Waals surface area contributed by atoms with E-state index in [1.807, 2.05) is 0 Å². The summed E-state index contributed by atoms with van der Waals surface area (Å²) in [5, 5.41) is 12.6. The van der Waals surface area contributed by atoms with E-state index in [4.69, 9.17) is 0 Å². The summed E-state index contributed by atoms with van der Waals surface area (Å²) in [5.74, 6) is -1.07. The summed E-state index contributed by atoms with van der Waals surface area (Å²) in [7, 11) is -5.67. The van der Waals surface area contributed by atoms with Crippen molar-refractivity contribution in [3.63, 3.8) is 0 Å². The SMILES string of the molecule is CC(Nc1nc(Nc2cc(C3CC3)[nH]n2)c(F)cc1CNS(=O)(=O)C(F)(F)F)c1ccc(F)cc1. The number of halogens is 5. The zero-order chi connectivity index (χ0) is 25.4. The number of H-pyrrole nitrogens is 1. The molecule has 1 saturated carbocycles. The van der Waals surface area contributed by atoms with E-state index in [0.29, 0.717) is 17.3 Å². The molecule has 14 heteroatoms. The van der Waals surface area contributed by atoms with Crippen LogP contribution in [0.2, 0.25) is 0 Å². The second kappa shape index (κ2) is 9.41. The van der Waals surface area contributed by atoms with Crippen LogP contribution in [0.15, 0.2) is 36.4 Å². The molecule has 0 saturated heterocycles. The van der Waals surface area contributed by atoms with Gasteiger partial charge in [0.2, 0.25) is 0 Å². The number of anilines is 3. The molecule has 1 aromatic carbocycles. The predicted molar refractivity (Wildman–Crippen MR) is 118 cm³/mol. The van der Waals surface area contributed by atoms with Gasteiger partial charge in [-0.15, -0.1) is 0 Å². The zero-order valence-electron chi connectivity index (χ0n) is 18.2. The number of pyridine rings is 1. The van der Waals surface area contributed by atoms with Crippen LogP contribution in [0.1, 0.15) is 48.5 Å². The average molecular weight is 516 g/mol. The van der Waals surface area contributed by atoms with Crippen LogP contribution in [-0.4, -0.2) is 29.1 Å². The van der Waals surface area contributed by atoms with Crippen molar-refractivity contribution in [2.24, 2.45) is 0 Å². The topological polar surface area (TPSA) is 112 Å². The summed E-state index contributed by atoms with van der Waals surface area (Å²) in [4.78, 5) is 4.14. The fourth-order valence-electron chi connectivity index (χ4n) is 3.29. The highest BCUT2D eigenvalue weighted by Crippen LogP contribution is 2.39. The van der Waals surface area contributed by atoms with Gasteiger partial charge in [-0.05, 0) is 43.5 Å². The van der Waals surface area contributed by atoms with E-state index in [1.165, 1.54) is 29.0 Å². The number of nitrogens with one attached hydrogen (secondary N) is 4. The molecule has 1 fully saturated rings. The molecule has 2 aromatic heterocycles. The molecule has 0 aliphatic heterocycles. The second-order valence-corrected chi connectivity index (χ2v) is 9.88. The maximum absolute atomic E-state index is 14.8. The van der Waals surface area contributed by atoms with Gasteiger partial charge in [0.1, 0.15) is 11.6 Å². The molecule has 0 amide bonds. The molecule has 1 aliphatic carbocycles.